The van der Waals surface area contributed by atoms with Crippen LogP contribution in [0.25, 0.3) is 5.57 Å². The van der Waals surface area contributed by atoms with Gasteiger partial charge < -0.3 is 15.1 Å². The fourth-order valence-corrected chi connectivity index (χ4v) is 5.61. The van der Waals surface area contributed by atoms with Crippen LogP contribution in [0.2, 0.25) is 0 Å². The highest BCUT2D eigenvalue weighted by atomic mass is 31.2. The Morgan fingerprint density at radius 3 is 2.66 bits per heavy atom. The molecule has 3 atom stereocenters. The first-order chi connectivity index (χ1) is 13.4. The maximum absolute atomic E-state index is 13.6. The van der Waals surface area contributed by atoms with E-state index in [1.165, 1.54) is 11.6 Å². The predicted molar refractivity (Wildman–Crippen MR) is 113 cm³/mol. The third-order valence-electron chi connectivity index (χ3n) is 5.24. The summed E-state index contributed by atoms with van der Waals surface area (Å²) in [7, 11) is -3.59. The van der Waals surface area contributed by atoms with Crippen molar-refractivity contribution in [1.29, 1.82) is 0 Å². The van der Waals surface area contributed by atoms with Gasteiger partial charge in [0.25, 0.3) is 0 Å². The Bertz CT molecular complexity index is 876. The lowest BCUT2D eigenvalue weighted by atomic mass is 9.74. The van der Waals surface area contributed by atoms with E-state index in [9.17, 15) is 23.7 Å². The van der Waals surface area contributed by atoms with Gasteiger partial charge in [0.15, 0.2) is 0 Å². The minimum absolute atomic E-state index is 0.0425. The SMILES string of the molecule is CC1=CC(c2ccc(F)c(C)c2)=CC(C)(CCCP(=O)(O)CC(O)CC(=O)O)C1. The van der Waals surface area contributed by atoms with Gasteiger partial charge in [-0.3, -0.25) is 9.36 Å². The zero-order chi connectivity index (χ0) is 21.8. The van der Waals surface area contributed by atoms with Gasteiger partial charge in [0.2, 0.25) is 7.37 Å². The molecule has 0 fully saturated rings. The molecule has 7 heteroatoms. The van der Waals surface area contributed by atoms with Crippen LogP contribution >= 0.6 is 7.37 Å². The maximum atomic E-state index is 13.6. The van der Waals surface area contributed by atoms with Crippen molar-refractivity contribution in [2.45, 2.75) is 52.6 Å². The molecule has 29 heavy (non-hydrogen) atoms. The molecule has 1 aromatic carbocycles. The van der Waals surface area contributed by atoms with Crippen LogP contribution in [0.15, 0.2) is 35.9 Å². The van der Waals surface area contributed by atoms with Crippen LogP contribution in [0.1, 0.15) is 50.7 Å². The molecule has 1 aliphatic rings. The van der Waals surface area contributed by atoms with Crippen molar-refractivity contribution >= 4 is 18.9 Å². The van der Waals surface area contributed by atoms with Crippen LogP contribution in [0, 0.1) is 18.2 Å². The predicted octanol–water partition coefficient (Wildman–Crippen LogP) is 4.76. The Kier molecular flexibility index (Phi) is 7.61. The maximum Gasteiger partial charge on any atom is 0.305 e. The highest BCUT2D eigenvalue weighted by molar-refractivity contribution is 7.58. The van der Waals surface area contributed by atoms with Crippen LogP contribution in [0.4, 0.5) is 4.39 Å². The summed E-state index contributed by atoms with van der Waals surface area (Å²) < 4.78 is 25.9. The Morgan fingerprint density at radius 1 is 1.34 bits per heavy atom. The average molecular weight is 424 g/mol. The van der Waals surface area contributed by atoms with Gasteiger partial charge >= 0.3 is 5.97 Å². The second kappa shape index (κ2) is 9.38. The van der Waals surface area contributed by atoms with Gasteiger partial charge in [-0.25, -0.2) is 4.39 Å². The summed E-state index contributed by atoms with van der Waals surface area (Å²) in [6, 6.07) is 5.04. The lowest BCUT2D eigenvalue weighted by Gasteiger charge is -2.31. The van der Waals surface area contributed by atoms with E-state index in [0.29, 0.717) is 18.4 Å². The van der Waals surface area contributed by atoms with Gasteiger partial charge in [-0.2, -0.15) is 0 Å². The number of rotatable bonds is 9. The smallest absolute Gasteiger partial charge is 0.305 e. The summed E-state index contributed by atoms with van der Waals surface area (Å²) in [5.74, 6) is -1.43. The van der Waals surface area contributed by atoms with Crippen LogP contribution in [0.3, 0.4) is 0 Å². The number of benzene rings is 1. The van der Waals surface area contributed by atoms with Gasteiger partial charge in [0.05, 0.1) is 18.7 Å². The summed E-state index contributed by atoms with van der Waals surface area (Å²) in [6.07, 6.45) is 4.04. The number of hydrogen-bond donors (Lipinski definition) is 3. The van der Waals surface area contributed by atoms with Gasteiger partial charge in [-0.1, -0.05) is 30.7 Å². The first-order valence-electron chi connectivity index (χ1n) is 9.76. The number of hydrogen-bond acceptors (Lipinski definition) is 3. The minimum Gasteiger partial charge on any atom is -0.481 e. The number of carboxylic acid groups (broad SMARTS) is 1. The van der Waals surface area contributed by atoms with E-state index in [1.54, 1.807) is 13.0 Å². The van der Waals surface area contributed by atoms with Crippen molar-refractivity contribution < 1.29 is 28.9 Å². The molecule has 0 aliphatic heterocycles. The van der Waals surface area contributed by atoms with Gasteiger partial charge in [0.1, 0.15) is 5.82 Å². The standard InChI is InChI=1S/C22H30FO5P/c1-15-9-18(17-5-6-20(23)16(2)10-17)13-22(3,12-15)7-4-8-29(27,28)14-19(24)11-21(25)26/h5-6,9-10,13,19,24H,4,7-8,11-12,14H2,1-3H3,(H,25,26)(H,27,28). The van der Waals surface area contributed by atoms with Crippen LogP contribution in [-0.2, 0) is 9.36 Å². The van der Waals surface area contributed by atoms with Gasteiger partial charge in [-0.05, 0) is 67.4 Å². The summed E-state index contributed by atoms with van der Waals surface area (Å²) in [5, 5.41) is 18.3. The lowest BCUT2D eigenvalue weighted by Crippen LogP contribution is -2.20. The molecule has 1 aliphatic carbocycles. The molecule has 160 valence electrons. The number of carbonyl (C=O) groups is 1. The molecule has 3 unspecified atom stereocenters. The summed E-state index contributed by atoms with van der Waals surface area (Å²) in [5.41, 5.74) is 3.54. The molecule has 0 radical (unpaired) electrons. The number of halogens is 1. The Hall–Kier alpha value is -1.75. The van der Waals surface area contributed by atoms with E-state index in [-0.39, 0.29) is 17.4 Å². The zero-order valence-corrected chi connectivity index (χ0v) is 18.1. The monoisotopic (exact) mass is 424 g/mol. The van der Waals surface area contributed by atoms with E-state index >= 15 is 0 Å². The number of aliphatic hydroxyl groups is 1. The first-order valence-corrected chi connectivity index (χ1v) is 11.8. The van der Waals surface area contributed by atoms with E-state index in [4.69, 9.17) is 5.11 Å². The van der Waals surface area contributed by atoms with Crippen molar-refractivity contribution in [3.05, 3.63) is 52.9 Å². The Balaban J connectivity index is 2.05. The summed E-state index contributed by atoms with van der Waals surface area (Å²) in [6.45, 7) is 5.87. The quantitative estimate of drug-likeness (QED) is 0.497. The van der Waals surface area contributed by atoms with E-state index in [1.807, 2.05) is 13.0 Å². The topological polar surface area (TPSA) is 94.8 Å². The highest BCUT2D eigenvalue weighted by Crippen LogP contribution is 2.46. The van der Waals surface area contributed by atoms with Crippen LogP contribution in [0.5, 0.6) is 0 Å². The fraction of sp³-hybridized carbons (Fsp3) is 0.500. The number of carboxylic acids is 1. The van der Waals surface area contributed by atoms with E-state index < -0.39 is 32.0 Å². The molecule has 0 spiro atoms. The summed E-state index contributed by atoms with van der Waals surface area (Å²) in [4.78, 5) is 20.7. The molecule has 0 aromatic heterocycles. The molecule has 0 saturated heterocycles. The second-order valence-electron chi connectivity index (χ2n) is 8.49. The third-order valence-corrected chi connectivity index (χ3v) is 7.25. The zero-order valence-electron chi connectivity index (χ0n) is 17.2. The number of aliphatic carboxylic acids is 1. The van der Waals surface area contributed by atoms with Gasteiger partial charge in [0, 0.05) is 6.16 Å². The van der Waals surface area contributed by atoms with Crippen LogP contribution in [-0.4, -0.2) is 39.5 Å². The summed E-state index contributed by atoms with van der Waals surface area (Å²) >= 11 is 0. The lowest BCUT2D eigenvalue weighted by molar-refractivity contribution is -0.138. The Labute approximate surface area is 171 Å². The molecule has 5 nitrogen and oxygen atoms in total. The molecule has 0 bridgehead atoms. The number of aliphatic hydroxyl groups excluding tert-OH is 1. The molecular formula is C22H30FO5P. The molecule has 0 amide bonds. The molecule has 0 saturated carbocycles. The van der Waals surface area contributed by atoms with E-state index in [0.717, 1.165) is 17.6 Å². The third kappa shape index (κ3) is 7.22. The van der Waals surface area contributed by atoms with Crippen molar-refractivity contribution in [2.75, 3.05) is 12.3 Å². The van der Waals surface area contributed by atoms with Crippen molar-refractivity contribution in [1.82, 2.24) is 0 Å². The molecule has 2 rings (SSSR count). The Morgan fingerprint density at radius 2 is 2.03 bits per heavy atom. The highest BCUT2D eigenvalue weighted by Gasteiger charge is 2.29. The largest absolute Gasteiger partial charge is 0.481 e. The second-order valence-corrected chi connectivity index (χ2v) is 11.0. The first kappa shape index (κ1) is 23.5. The van der Waals surface area contributed by atoms with Crippen molar-refractivity contribution in [3.63, 3.8) is 0 Å². The van der Waals surface area contributed by atoms with E-state index in [2.05, 4.69) is 19.1 Å². The number of aryl methyl sites for hydroxylation is 1. The van der Waals surface area contributed by atoms with Crippen LogP contribution < -0.4 is 0 Å². The van der Waals surface area contributed by atoms with Gasteiger partial charge in [-0.15, -0.1) is 0 Å². The number of allylic oxidation sites excluding steroid dienone is 4. The molecule has 3 N–H and O–H groups in total. The molecule has 1 aromatic rings. The fourth-order valence-electron chi connectivity index (χ4n) is 3.99. The molecular weight excluding hydrogens is 394 g/mol. The van der Waals surface area contributed by atoms with Crippen molar-refractivity contribution in [2.24, 2.45) is 5.41 Å². The van der Waals surface area contributed by atoms with Crippen molar-refractivity contribution in [3.8, 4) is 0 Å². The average Bonchev–Trinajstić information content (AvgIpc) is 2.54. The normalized spacial score (nSPS) is 22.4. The molecule has 0 heterocycles. The minimum atomic E-state index is -3.59.